The molecule has 0 heterocycles. The molecule has 0 N–H and O–H groups in total. The van der Waals surface area contributed by atoms with Gasteiger partial charge in [-0.25, -0.2) is 4.39 Å². The largest absolute Gasteiger partial charge is 0.312 e. The number of hydrogen-bond acceptors (Lipinski definition) is 3. The number of benzene rings is 1. The van der Waals surface area contributed by atoms with Gasteiger partial charge in [-0.2, -0.15) is 9.65 Å². The predicted octanol–water partition coefficient (Wildman–Crippen LogP) is 2.41. The van der Waals surface area contributed by atoms with Crippen LogP contribution in [0, 0.1) is 33.1 Å². The van der Waals surface area contributed by atoms with Gasteiger partial charge in [-0.05, 0) is 12.1 Å². The molecule has 0 spiro atoms. The molecule has 76 valence electrons. The molecule has 0 fully saturated rings. The molecule has 0 aliphatic heterocycles. The van der Waals surface area contributed by atoms with E-state index in [1.54, 1.807) is 6.07 Å². The molecule has 0 unspecified atom stereocenters. The van der Waals surface area contributed by atoms with E-state index in [0.717, 1.165) is 18.2 Å². The van der Waals surface area contributed by atoms with E-state index in [4.69, 9.17) is 5.26 Å². The van der Waals surface area contributed by atoms with Gasteiger partial charge < -0.3 is 0 Å². The zero-order valence-electron chi connectivity index (χ0n) is 7.28. The Hall–Kier alpha value is -2.29. The molecule has 6 heteroatoms. The molecule has 0 amide bonds. The van der Waals surface area contributed by atoms with Gasteiger partial charge in [0.2, 0.25) is 5.82 Å². The SMILES string of the molecule is N#CC=Cc1cc(F)cc(F)c1[N+](=O)[O-]. The molecular formula is C9H4F2N2O2. The zero-order valence-corrected chi connectivity index (χ0v) is 7.28. The van der Waals surface area contributed by atoms with Crippen LogP contribution in [0.2, 0.25) is 0 Å². The fraction of sp³-hybridized carbons (Fsp3) is 0. The standard InChI is InChI=1S/C9H4F2N2O2/c10-7-4-6(2-1-3-12)9(13(14)15)8(11)5-7/h1-2,4-5H. The van der Waals surface area contributed by atoms with E-state index in [0.29, 0.717) is 6.07 Å². The van der Waals surface area contributed by atoms with Crippen LogP contribution < -0.4 is 0 Å². The maximum atomic E-state index is 13.0. The van der Waals surface area contributed by atoms with Crippen molar-refractivity contribution in [3.05, 3.63) is 45.5 Å². The molecule has 4 nitrogen and oxygen atoms in total. The third kappa shape index (κ3) is 2.34. The molecule has 1 rings (SSSR count). The lowest BCUT2D eigenvalue weighted by Crippen LogP contribution is -1.97. The van der Waals surface area contributed by atoms with Crippen molar-refractivity contribution in [1.82, 2.24) is 0 Å². The molecule has 0 atom stereocenters. The van der Waals surface area contributed by atoms with Crippen LogP contribution in [0.3, 0.4) is 0 Å². The molecule has 1 aromatic carbocycles. The second-order valence-corrected chi connectivity index (χ2v) is 2.54. The van der Waals surface area contributed by atoms with E-state index in [2.05, 4.69) is 0 Å². The van der Waals surface area contributed by atoms with Crippen LogP contribution in [0.1, 0.15) is 5.56 Å². The van der Waals surface area contributed by atoms with Crippen LogP contribution in [0.4, 0.5) is 14.5 Å². The fourth-order valence-electron chi connectivity index (χ4n) is 1.03. The Kier molecular flexibility index (Phi) is 3.08. The van der Waals surface area contributed by atoms with Crippen molar-refractivity contribution in [3.63, 3.8) is 0 Å². The summed E-state index contributed by atoms with van der Waals surface area (Å²) in [6, 6.07) is 2.78. The van der Waals surface area contributed by atoms with Crippen molar-refractivity contribution in [2.45, 2.75) is 0 Å². The van der Waals surface area contributed by atoms with E-state index in [9.17, 15) is 18.9 Å². The summed E-state index contributed by atoms with van der Waals surface area (Å²) in [5.41, 5.74) is -1.12. The number of allylic oxidation sites excluding steroid dienone is 1. The summed E-state index contributed by atoms with van der Waals surface area (Å²) in [6.45, 7) is 0. The smallest absolute Gasteiger partial charge is 0.258 e. The number of nitrogens with zero attached hydrogens (tertiary/aromatic N) is 2. The van der Waals surface area contributed by atoms with Crippen LogP contribution >= 0.6 is 0 Å². The third-order valence-electron chi connectivity index (χ3n) is 1.58. The first-order valence-corrected chi connectivity index (χ1v) is 3.76. The van der Waals surface area contributed by atoms with Gasteiger partial charge >= 0.3 is 5.69 Å². The Morgan fingerprint density at radius 2 is 2.13 bits per heavy atom. The minimum atomic E-state index is -1.27. The van der Waals surface area contributed by atoms with Crippen LogP contribution in [0.5, 0.6) is 0 Å². The minimum absolute atomic E-state index is 0.279. The van der Waals surface area contributed by atoms with Crippen molar-refractivity contribution >= 4 is 11.8 Å². The maximum Gasteiger partial charge on any atom is 0.312 e. The van der Waals surface area contributed by atoms with E-state index in [1.807, 2.05) is 0 Å². The first kappa shape index (κ1) is 10.8. The average Bonchev–Trinajstić information content (AvgIpc) is 2.12. The minimum Gasteiger partial charge on any atom is -0.258 e. The molecule has 0 radical (unpaired) electrons. The number of nitro groups is 1. The summed E-state index contributed by atoms with van der Waals surface area (Å²) in [4.78, 5) is 9.48. The Balaban J connectivity index is 3.41. The van der Waals surface area contributed by atoms with Crippen LogP contribution in [-0.4, -0.2) is 4.92 Å². The highest BCUT2D eigenvalue weighted by Gasteiger charge is 2.19. The van der Waals surface area contributed by atoms with Gasteiger partial charge in [-0.1, -0.05) is 0 Å². The van der Waals surface area contributed by atoms with Gasteiger partial charge in [-0.3, -0.25) is 10.1 Å². The molecule has 0 aliphatic carbocycles. The molecule has 0 bridgehead atoms. The molecule has 0 aliphatic rings. The summed E-state index contributed by atoms with van der Waals surface area (Å²) in [5, 5.41) is 18.6. The highest BCUT2D eigenvalue weighted by atomic mass is 19.1. The van der Waals surface area contributed by atoms with E-state index < -0.39 is 22.2 Å². The second-order valence-electron chi connectivity index (χ2n) is 2.54. The summed E-state index contributed by atoms with van der Waals surface area (Å²) in [7, 11) is 0. The summed E-state index contributed by atoms with van der Waals surface area (Å²) in [6.07, 6.45) is 1.88. The van der Waals surface area contributed by atoms with Crippen molar-refractivity contribution in [2.75, 3.05) is 0 Å². The molecule has 0 saturated heterocycles. The second kappa shape index (κ2) is 4.28. The Morgan fingerprint density at radius 3 is 2.67 bits per heavy atom. The Morgan fingerprint density at radius 1 is 1.47 bits per heavy atom. The van der Waals surface area contributed by atoms with Gasteiger partial charge in [0, 0.05) is 12.1 Å². The highest BCUT2D eigenvalue weighted by Crippen LogP contribution is 2.24. The van der Waals surface area contributed by atoms with Crippen LogP contribution in [-0.2, 0) is 0 Å². The first-order chi connectivity index (χ1) is 7.06. The molecule has 0 aromatic heterocycles. The number of rotatable bonds is 2. The maximum absolute atomic E-state index is 13.0. The lowest BCUT2D eigenvalue weighted by molar-refractivity contribution is -0.387. The van der Waals surface area contributed by atoms with Crippen molar-refractivity contribution < 1.29 is 13.7 Å². The molecular weight excluding hydrogens is 206 g/mol. The Labute approximate surface area is 83.2 Å². The van der Waals surface area contributed by atoms with E-state index >= 15 is 0 Å². The topological polar surface area (TPSA) is 66.9 Å². The van der Waals surface area contributed by atoms with Gasteiger partial charge in [0.25, 0.3) is 0 Å². The average molecular weight is 210 g/mol. The van der Waals surface area contributed by atoms with E-state index in [-0.39, 0.29) is 5.56 Å². The number of hydrogen-bond donors (Lipinski definition) is 0. The molecule has 15 heavy (non-hydrogen) atoms. The summed E-state index contributed by atoms with van der Waals surface area (Å²) < 4.78 is 25.7. The monoisotopic (exact) mass is 210 g/mol. The lowest BCUT2D eigenvalue weighted by Gasteiger charge is -1.98. The van der Waals surface area contributed by atoms with Crippen molar-refractivity contribution in [2.24, 2.45) is 0 Å². The van der Waals surface area contributed by atoms with Crippen LogP contribution in [0.15, 0.2) is 18.2 Å². The molecule has 0 saturated carbocycles. The quantitative estimate of drug-likeness (QED) is 0.427. The van der Waals surface area contributed by atoms with E-state index in [1.165, 1.54) is 0 Å². The third-order valence-corrected chi connectivity index (χ3v) is 1.58. The first-order valence-electron chi connectivity index (χ1n) is 3.76. The van der Waals surface area contributed by atoms with Gasteiger partial charge in [0.1, 0.15) is 5.82 Å². The van der Waals surface area contributed by atoms with Crippen molar-refractivity contribution in [3.8, 4) is 6.07 Å². The fourth-order valence-corrected chi connectivity index (χ4v) is 1.03. The highest BCUT2D eigenvalue weighted by molar-refractivity contribution is 5.62. The van der Waals surface area contributed by atoms with Gasteiger partial charge in [0.05, 0.1) is 16.6 Å². The molecule has 1 aromatic rings. The zero-order chi connectivity index (χ0) is 11.4. The predicted molar refractivity (Wildman–Crippen MR) is 47.7 cm³/mol. The van der Waals surface area contributed by atoms with Gasteiger partial charge in [0.15, 0.2) is 0 Å². The summed E-state index contributed by atoms with van der Waals surface area (Å²) >= 11 is 0. The lowest BCUT2D eigenvalue weighted by atomic mass is 10.1. The van der Waals surface area contributed by atoms with Gasteiger partial charge in [-0.15, -0.1) is 0 Å². The summed E-state index contributed by atoms with van der Waals surface area (Å²) in [5.74, 6) is -2.20. The Bertz CT molecular complexity index is 478. The number of nitriles is 1. The number of halogens is 2. The number of nitro benzene ring substituents is 1. The van der Waals surface area contributed by atoms with Crippen LogP contribution in [0.25, 0.3) is 6.08 Å². The normalized spacial score (nSPS) is 10.2. The van der Waals surface area contributed by atoms with Crippen molar-refractivity contribution in [1.29, 1.82) is 5.26 Å².